The molecule has 2 aliphatic heterocycles. The van der Waals surface area contributed by atoms with Gasteiger partial charge in [0.25, 0.3) is 5.91 Å². The van der Waals surface area contributed by atoms with Crippen LogP contribution in [0.3, 0.4) is 0 Å². The lowest BCUT2D eigenvalue weighted by molar-refractivity contribution is -0.123. The number of carbonyl (C=O) groups excluding carboxylic acids is 3. The number of aryl methyl sites for hydroxylation is 1. The van der Waals surface area contributed by atoms with Gasteiger partial charge in [-0.25, -0.2) is 0 Å². The second kappa shape index (κ2) is 8.03. The number of ketones is 1. The van der Waals surface area contributed by atoms with Gasteiger partial charge in [-0.2, -0.15) is 0 Å². The first-order valence-electron chi connectivity index (χ1n) is 9.43. The van der Waals surface area contributed by atoms with E-state index in [1.165, 1.54) is 6.92 Å². The lowest BCUT2D eigenvalue weighted by Gasteiger charge is -2.33. The van der Waals surface area contributed by atoms with Crippen LogP contribution in [-0.4, -0.2) is 59.3 Å². The van der Waals surface area contributed by atoms with Gasteiger partial charge < -0.3 is 20.1 Å². The van der Waals surface area contributed by atoms with Gasteiger partial charge in [-0.1, -0.05) is 0 Å². The molecule has 2 N–H and O–H groups in total. The van der Waals surface area contributed by atoms with E-state index in [-0.39, 0.29) is 29.6 Å². The van der Waals surface area contributed by atoms with Crippen molar-refractivity contribution < 1.29 is 14.4 Å². The van der Waals surface area contributed by atoms with E-state index >= 15 is 0 Å². The van der Waals surface area contributed by atoms with Gasteiger partial charge >= 0.3 is 0 Å². The molecule has 0 radical (unpaired) electrons. The summed E-state index contributed by atoms with van der Waals surface area (Å²) in [6.45, 7) is 4.36. The van der Waals surface area contributed by atoms with Crippen molar-refractivity contribution in [2.24, 2.45) is 13.0 Å². The van der Waals surface area contributed by atoms with Crippen LogP contribution in [0.15, 0.2) is 12.3 Å². The van der Waals surface area contributed by atoms with Crippen molar-refractivity contribution in [3.05, 3.63) is 23.5 Å². The highest BCUT2D eigenvalue weighted by Gasteiger charge is 2.28. The Bertz CT molecular complexity index is 691. The van der Waals surface area contributed by atoms with E-state index in [0.717, 1.165) is 32.2 Å². The summed E-state index contributed by atoms with van der Waals surface area (Å²) in [6, 6.07) is 1.60. The Morgan fingerprint density at radius 3 is 2.73 bits per heavy atom. The van der Waals surface area contributed by atoms with Gasteiger partial charge in [0.1, 0.15) is 5.69 Å². The second-order valence-corrected chi connectivity index (χ2v) is 7.43. The normalized spacial score (nSPS) is 23.1. The largest absolute Gasteiger partial charge is 0.354 e. The average molecular weight is 360 g/mol. The molecule has 0 aromatic carbocycles. The molecule has 3 heterocycles. The van der Waals surface area contributed by atoms with Gasteiger partial charge in [-0.15, -0.1) is 0 Å². The molecule has 3 rings (SSSR count). The van der Waals surface area contributed by atoms with Crippen molar-refractivity contribution in [1.29, 1.82) is 0 Å². The molecule has 1 aromatic rings. The first-order valence-corrected chi connectivity index (χ1v) is 9.43. The molecule has 0 spiro atoms. The third-order valence-corrected chi connectivity index (χ3v) is 5.38. The van der Waals surface area contributed by atoms with E-state index in [0.29, 0.717) is 30.9 Å². The third-order valence-electron chi connectivity index (χ3n) is 5.38. The van der Waals surface area contributed by atoms with Gasteiger partial charge in [-0.05, 0) is 51.1 Å². The SMILES string of the molecule is CC(=O)c1cc(C(=O)N2CCCC(CNC(=O)C3CCCN3)C2)n(C)c1. The molecule has 2 amide bonds. The summed E-state index contributed by atoms with van der Waals surface area (Å²) in [5.41, 5.74) is 1.09. The predicted octanol–water partition coefficient (Wildman–Crippen LogP) is 0.948. The number of nitrogens with zero attached hydrogens (tertiary/aromatic N) is 2. The zero-order valence-corrected chi connectivity index (χ0v) is 15.6. The first kappa shape index (κ1) is 18.6. The van der Waals surface area contributed by atoms with Gasteiger partial charge in [0.2, 0.25) is 5.91 Å². The Kier molecular flexibility index (Phi) is 5.76. The number of amides is 2. The maximum Gasteiger partial charge on any atom is 0.270 e. The highest BCUT2D eigenvalue weighted by atomic mass is 16.2. The third kappa shape index (κ3) is 4.15. The summed E-state index contributed by atoms with van der Waals surface area (Å²) in [5.74, 6) is 0.248. The maximum atomic E-state index is 12.8. The molecule has 142 valence electrons. The molecule has 0 bridgehead atoms. The Labute approximate surface area is 154 Å². The molecule has 0 saturated carbocycles. The number of carbonyl (C=O) groups is 3. The smallest absolute Gasteiger partial charge is 0.270 e. The van der Waals surface area contributed by atoms with Crippen LogP contribution >= 0.6 is 0 Å². The van der Waals surface area contributed by atoms with E-state index in [1.807, 2.05) is 4.90 Å². The summed E-state index contributed by atoms with van der Waals surface area (Å²) in [6.07, 6.45) is 5.58. The van der Waals surface area contributed by atoms with Crippen LogP contribution in [-0.2, 0) is 11.8 Å². The van der Waals surface area contributed by atoms with Crippen molar-refractivity contribution in [2.45, 2.75) is 38.6 Å². The Morgan fingerprint density at radius 2 is 2.08 bits per heavy atom. The van der Waals surface area contributed by atoms with Crippen LogP contribution in [0.25, 0.3) is 0 Å². The van der Waals surface area contributed by atoms with Gasteiger partial charge in [0.05, 0.1) is 6.04 Å². The molecule has 2 atom stereocenters. The van der Waals surface area contributed by atoms with Crippen LogP contribution < -0.4 is 10.6 Å². The lowest BCUT2D eigenvalue weighted by atomic mass is 9.97. The van der Waals surface area contributed by atoms with Crippen molar-refractivity contribution in [3.63, 3.8) is 0 Å². The second-order valence-electron chi connectivity index (χ2n) is 7.43. The number of rotatable bonds is 5. The number of nitrogens with one attached hydrogen (secondary N) is 2. The van der Waals surface area contributed by atoms with E-state index in [4.69, 9.17) is 0 Å². The van der Waals surface area contributed by atoms with Gasteiger partial charge in [-0.3, -0.25) is 14.4 Å². The van der Waals surface area contributed by atoms with Crippen LogP contribution in [0.5, 0.6) is 0 Å². The molecule has 1 aromatic heterocycles. The van der Waals surface area contributed by atoms with Gasteiger partial charge in [0.15, 0.2) is 5.78 Å². The summed E-state index contributed by atoms with van der Waals surface area (Å²) < 4.78 is 1.72. The summed E-state index contributed by atoms with van der Waals surface area (Å²) >= 11 is 0. The van der Waals surface area contributed by atoms with E-state index < -0.39 is 0 Å². The fourth-order valence-electron chi connectivity index (χ4n) is 3.82. The number of aromatic nitrogens is 1. The van der Waals surface area contributed by atoms with Crippen molar-refractivity contribution in [1.82, 2.24) is 20.1 Å². The predicted molar refractivity (Wildman–Crippen MR) is 98.1 cm³/mol. The lowest BCUT2D eigenvalue weighted by Crippen LogP contribution is -2.47. The highest BCUT2D eigenvalue weighted by molar-refractivity contribution is 5.99. The monoisotopic (exact) mass is 360 g/mol. The van der Waals surface area contributed by atoms with Crippen LogP contribution in [0, 0.1) is 5.92 Å². The Hall–Kier alpha value is -2.15. The number of Topliss-reactive ketones (excluding diaryl/α,β-unsaturated/α-hetero) is 1. The molecule has 2 aliphatic rings. The zero-order valence-electron chi connectivity index (χ0n) is 15.6. The summed E-state index contributed by atoms with van der Waals surface area (Å²) in [4.78, 5) is 38.4. The van der Waals surface area contributed by atoms with Crippen LogP contribution in [0.4, 0.5) is 0 Å². The number of hydrogen-bond donors (Lipinski definition) is 2. The highest BCUT2D eigenvalue weighted by Crippen LogP contribution is 2.19. The van der Waals surface area contributed by atoms with E-state index in [2.05, 4.69) is 10.6 Å². The number of likely N-dealkylation sites (tertiary alicyclic amines) is 1. The molecular weight excluding hydrogens is 332 g/mol. The minimum Gasteiger partial charge on any atom is -0.354 e. The summed E-state index contributed by atoms with van der Waals surface area (Å²) in [5, 5.41) is 6.24. The van der Waals surface area contributed by atoms with Crippen molar-refractivity contribution in [3.8, 4) is 0 Å². The van der Waals surface area contributed by atoms with Crippen LogP contribution in [0.2, 0.25) is 0 Å². The quantitative estimate of drug-likeness (QED) is 0.766. The van der Waals surface area contributed by atoms with Crippen LogP contribution in [0.1, 0.15) is 53.5 Å². The topological polar surface area (TPSA) is 83.4 Å². The minimum absolute atomic E-state index is 0.0422. The average Bonchev–Trinajstić information content (AvgIpc) is 3.29. The molecule has 7 nitrogen and oxygen atoms in total. The zero-order chi connectivity index (χ0) is 18.7. The maximum absolute atomic E-state index is 12.8. The fraction of sp³-hybridized carbons (Fsp3) is 0.632. The molecule has 26 heavy (non-hydrogen) atoms. The molecule has 2 unspecified atom stereocenters. The Balaban J connectivity index is 1.56. The van der Waals surface area contributed by atoms with E-state index in [9.17, 15) is 14.4 Å². The molecule has 0 aliphatic carbocycles. The fourth-order valence-corrected chi connectivity index (χ4v) is 3.82. The van der Waals surface area contributed by atoms with Gasteiger partial charge in [0, 0.05) is 38.4 Å². The molecule has 2 fully saturated rings. The van der Waals surface area contributed by atoms with Crippen molar-refractivity contribution >= 4 is 17.6 Å². The molecular formula is C19H28N4O3. The molecule has 7 heteroatoms. The first-order chi connectivity index (χ1) is 12.5. The minimum atomic E-state index is -0.0651. The van der Waals surface area contributed by atoms with Crippen molar-refractivity contribution in [2.75, 3.05) is 26.2 Å². The standard InChI is InChI=1S/C19H28N4O3/c1-13(24)15-9-17(22(2)12-15)19(26)23-8-4-5-14(11-23)10-21-18(25)16-6-3-7-20-16/h9,12,14,16,20H,3-8,10-11H2,1-2H3,(H,21,25). The number of hydrogen-bond acceptors (Lipinski definition) is 4. The number of piperidine rings is 1. The molecule has 2 saturated heterocycles. The summed E-state index contributed by atoms with van der Waals surface area (Å²) in [7, 11) is 1.79. The Morgan fingerprint density at radius 1 is 1.27 bits per heavy atom. The van der Waals surface area contributed by atoms with E-state index in [1.54, 1.807) is 23.9 Å².